The van der Waals surface area contributed by atoms with E-state index in [0.29, 0.717) is 12.2 Å². The van der Waals surface area contributed by atoms with Crippen LogP contribution in [0, 0.1) is 0 Å². The Balaban J connectivity index is 1.39. The van der Waals surface area contributed by atoms with Crippen LogP contribution in [0.15, 0.2) is 36.5 Å². The maximum atomic E-state index is 13.5. The Morgan fingerprint density at radius 2 is 2.07 bits per heavy atom. The molecule has 0 unspecified atom stereocenters. The maximum Gasteiger partial charge on any atom is 0.287 e. The number of aliphatic hydroxyl groups excluding tert-OH is 2. The molecule has 160 valence electrons. The van der Waals surface area contributed by atoms with Crippen LogP contribution in [-0.2, 0) is 17.2 Å². The quantitative estimate of drug-likeness (QED) is 0.745. The molecule has 0 bridgehead atoms. The highest BCUT2D eigenvalue weighted by Gasteiger charge is 2.42. The van der Waals surface area contributed by atoms with Gasteiger partial charge in [0, 0.05) is 31.3 Å². The molecule has 2 aliphatic rings. The summed E-state index contributed by atoms with van der Waals surface area (Å²) in [6.07, 6.45) is -3.00. The van der Waals surface area contributed by atoms with Gasteiger partial charge in [-0.2, -0.15) is 8.78 Å². The number of halogens is 2. The topological polar surface area (TPSA) is 105 Å². The van der Waals surface area contributed by atoms with Crippen molar-refractivity contribution in [2.75, 3.05) is 13.2 Å². The largest absolute Gasteiger partial charge is 0.469 e. The van der Waals surface area contributed by atoms with Gasteiger partial charge in [0.05, 0.1) is 13.2 Å². The molecule has 30 heavy (non-hydrogen) atoms. The molecule has 2 aromatic rings. The van der Waals surface area contributed by atoms with E-state index in [4.69, 9.17) is 9.47 Å². The van der Waals surface area contributed by atoms with E-state index in [1.165, 1.54) is 29.3 Å². The molecular formula is C20H21F2N3O5. The van der Waals surface area contributed by atoms with Crippen molar-refractivity contribution in [1.29, 1.82) is 0 Å². The number of carbonyl (C=O) groups is 1. The highest BCUT2D eigenvalue weighted by Crippen LogP contribution is 2.28. The second-order valence-electron chi connectivity index (χ2n) is 7.46. The van der Waals surface area contributed by atoms with Crippen LogP contribution in [0.1, 0.15) is 28.7 Å². The summed E-state index contributed by atoms with van der Waals surface area (Å²) in [5.41, 5.74) is 0.682. The maximum absolute atomic E-state index is 13.5. The van der Waals surface area contributed by atoms with Gasteiger partial charge in [-0.15, -0.1) is 0 Å². The fraction of sp³-hybridized carbons (Fsp3) is 0.450. The fourth-order valence-electron chi connectivity index (χ4n) is 3.55. The fourth-order valence-corrected chi connectivity index (χ4v) is 3.55. The van der Waals surface area contributed by atoms with Crippen molar-refractivity contribution < 1.29 is 33.3 Å². The third kappa shape index (κ3) is 3.98. The number of hydrogen-bond acceptors (Lipinski definition) is 7. The van der Waals surface area contributed by atoms with Crippen LogP contribution in [0.5, 0.6) is 5.88 Å². The second kappa shape index (κ2) is 7.86. The molecule has 2 aromatic heterocycles. The number of rotatable bonds is 5. The number of fused-ring (bicyclic) bond motifs is 1. The lowest BCUT2D eigenvalue weighted by molar-refractivity contribution is -0.183. The molecule has 1 saturated heterocycles. The molecule has 4 rings (SSSR count). The number of nitrogens with zero attached hydrogens (tertiary/aromatic N) is 3. The van der Waals surface area contributed by atoms with E-state index in [0.717, 1.165) is 12.5 Å². The van der Waals surface area contributed by atoms with Crippen LogP contribution in [0.4, 0.5) is 8.78 Å². The first-order valence-corrected chi connectivity index (χ1v) is 9.47. The Kier molecular flexibility index (Phi) is 5.39. The molecule has 0 radical (unpaired) electrons. The molecule has 2 aliphatic heterocycles. The molecule has 4 atom stereocenters. The lowest BCUT2D eigenvalue weighted by Gasteiger charge is -2.38. The second-order valence-corrected chi connectivity index (χ2v) is 7.46. The Morgan fingerprint density at radius 3 is 2.80 bits per heavy atom. The first kappa shape index (κ1) is 20.6. The number of pyridine rings is 2. The van der Waals surface area contributed by atoms with E-state index in [2.05, 4.69) is 9.97 Å². The lowest BCUT2D eigenvalue weighted by atomic mass is 9.99. The average Bonchev–Trinajstić information content (AvgIpc) is 3.03. The molecule has 1 fully saturated rings. The van der Waals surface area contributed by atoms with E-state index >= 15 is 0 Å². The number of ether oxygens (including phenoxy) is 2. The van der Waals surface area contributed by atoms with E-state index < -0.39 is 36.0 Å². The van der Waals surface area contributed by atoms with E-state index in [1.54, 1.807) is 12.1 Å². The van der Waals surface area contributed by atoms with Crippen LogP contribution in [-0.4, -0.2) is 68.6 Å². The predicted octanol–water partition coefficient (Wildman–Crippen LogP) is 1.11. The zero-order valence-corrected chi connectivity index (χ0v) is 16.1. The van der Waals surface area contributed by atoms with Crippen LogP contribution in [0.2, 0.25) is 0 Å². The van der Waals surface area contributed by atoms with Gasteiger partial charge >= 0.3 is 0 Å². The van der Waals surface area contributed by atoms with Crippen molar-refractivity contribution in [3.8, 4) is 5.88 Å². The zero-order valence-electron chi connectivity index (χ0n) is 16.1. The summed E-state index contributed by atoms with van der Waals surface area (Å²) in [6, 6.07) is 7.47. The average molecular weight is 421 g/mol. The molecule has 0 aromatic carbocycles. The first-order valence-electron chi connectivity index (χ1n) is 9.47. The van der Waals surface area contributed by atoms with Crippen molar-refractivity contribution in [2.24, 2.45) is 0 Å². The highest BCUT2D eigenvalue weighted by molar-refractivity contribution is 5.96. The van der Waals surface area contributed by atoms with E-state index in [1.807, 2.05) is 0 Å². The minimum atomic E-state index is -3.14. The van der Waals surface area contributed by atoms with Gasteiger partial charge in [0.1, 0.15) is 29.7 Å². The molecule has 8 nitrogen and oxygen atoms in total. The van der Waals surface area contributed by atoms with Crippen molar-refractivity contribution in [3.05, 3.63) is 53.5 Å². The van der Waals surface area contributed by atoms with Gasteiger partial charge in [-0.05, 0) is 12.1 Å². The van der Waals surface area contributed by atoms with E-state index in [9.17, 15) is 23.8 Å². The van der Waals surface area contributed by atoms with Gasteiger partial charge in [-0.25, -0.2) is 4.98 Å². The minimum Gasteiger partial charge on any atom is -0.469 e. The van der Waals surface area contributed by atoms with Crippen LogP contribution in [0.25, 0.3) is 0 Å². The summed E-state index contributed by atoms with van der Waals surface area (Å²) in [6.45, 7) is 1.02. The zero-order chi connectivity index (χ0) is 21.5. The number of aromatic nitrogens is 2. The minimum absolute atomic E-state index is 0.0654. The lowest BCUT2D eigenvalue weighted by Crippen LogP contribution is -2.57. The summed E-state index contributed by atoms with van der Waals surface area (Å²) in [5.74, 6) is -3.51. The molecule has 0 spiro atoms. The summed E-state index contributed by atoms with van der Waals surface area (Å²) in [5, 5.41) is 20.9. The van der Waals surface area contributed by atoms with Crippen molar-refractivity contribution >= 4 is 5.91 Å². The summed E-state index contributed by atoms with van der Waals surface area (Å²) >= 11 is 0. The monoisotopic (exact) mass is 421 g/mol. The number of alkyl halides is 2. The SMILES string of the molecule is CC(F)(F)c1cccc(O[C@H]2CO[C@H](CN3Cc4cccnc4C3=O)[C@H](O)[C@@H]2O)n1. The highest BCUT2D eigenvalue weighted by atomic mass is 19.3. The van der Waals surface area contributed by atoms with Gasteiger partial charge in [0.2, 0.25) is 5.88 Å². The third-order valence-corrected chi connectivity index (χ3v) is 5.17. The Labute approximate surface area is 171 Å². The van der Waals surface area contributed by atoms with Gasteiger partial charge in [-0.1, -0.05) is 12.1 Å². The summed E-state index contributed by atoms with van der Waals surface area (Å²) in [4.78, 5) is 21.8. The van der Waals surface area contributed by atoms with Gasteiger partial charge in [0.15, 0.2) is 6.10 Å². The van der Waals surface area contributed by atoms with Gasteiger partial charge < -0.3 is 24.6 Å². The molecule has 0 saturated carbocycles. The Bertz CT molecular complexity index is 939. The number of carbonyl (C=O) groups excluding carboxylic acids is 1. The molecule has 4 heterocycles. The number of aliphatic hydroxyl groups is 2. The summed E-state index contributed by atoms with van der Waals surface area (Å²) in [7, 11) is 0. The van der Waals surface area contributed by atoms with Crippen LogP contribution >= 0.6 is 0 Å². The molecule has 2 N–H and O–H groups in total. The van der Waals surface area contributed by atoms with Gasteiger partial charge in [-0.3, -0.25) is 9.78 Å². The third-order valence-electron chi connectivity index (χ3n) is 5.17. The van der Waals surface area contributed by atoms with Crippen molar-refractivity contribution in [3.63, 3.8) is 0 Å². The van der Waals surface area contributed by atoms with Crippen molar-refractivity contribution in [1.82, 2.24) is 14.9 Å². The summed E-state index contributed by atoms with van der Waals surface area (Å²) < 4.78 is 38.0. The van der Waals surface area contributed by atoms with Crippen molar-refractivity contribution in [2.45, 2.75) is 43.8 Å². The van der Waals surface area contributed by atoms with Crippen LogP contribution < -0.4 is 4.74 Å². The smallest absolute Gasteiger partial charge is 0.287 e. The molecule has 10 heteroatoms. The van der Waals surface area contributed by atoms with E-state index in [-0.39, 0.29) is 24.9 Å². The Morgan fingerprint density at radius 1 is 1.27 bits per heavy atom. The molecule has 0 aliphatic carbocycles. The predicted molar refractivity (Wildman–Crippen MR) is 99.0 cm³/mol. The number of amides is 1. The first-order chi connectivity index (χ1) is 14.2. The molecular weight excluding hydrogens is 400 g/mol. The normalized spacial score (nSPS) is 26.6. The van der Waals surface area contributed by atoms with Crippen LogP contribution in [0.3, 0.4) is 0 Å². The standard InChI is InChI=1S/C20H21F2N3O5/c1-20(21,22)14-5-2-6-15(24-14)30-13-10-29-12(17(26)18(13)27)9-25-8-11-4-3-7-23-16(11)19(25)28/h2-7,12-13,17-18,26-27H,8-10H2,1H3/t12-,13+,17+,18-/m1/s1. The number of hydrogen-bond donors (Lipinski definition) is 2. The molecule has 1 amide bonds. The van der Waals surface area contributed by atoms with Gasteiger partial charge in [0.25, 0.3) is 11.8 Å². The Hall–Kier alpha value is -2.69.